The maximum absolute atomic E-state index is 13.2. The quantitative estimate of drug-likeness (QED) is 0.110. The normalized spacial score (nSPS) is 14.1. The Kier molecular flexibility index (Phi) is 10.2. The highest BCUT2D eigenvalue weighted by Crippen LogP contribution is 2.32. The van der Waals surface area contributed by atoms with Crippen LogP contribution in [0.15, 0.2) is 120 Å². The monoisotopic (exact) mass is 691 g/mol. The second-order valence-corrected chi connectivity index (χ2v) is 15.0. The fourth-order valence-corrected chi connectivity index (χ4v) is 7.19. The fourth-order valence-electron chi connectivity index (χ4n) is 6.05. The van der Waals surface area contributed by atoms with Crippen LogP contribution in [0.1, 0.15) is 47.8 Å². The molecule has 5 aromatic rings. The summed E-state index contributed by atoms with van der Waals surface area (Å²) in [6, 6.07) is 34.5. The topological polar surface area (TPSA) is 137 Å². The number of fused-ring (bicyclic) bond motifs is 4. The standard InChI is InChI=1S/C40H41N3O6S/c1-40(2,42-25-38(45)36-17-16-34-22-37(36)43-50(47,48)35-11-5-9-30(20-35)26-49-34)23-28-7-3-6-27(18-28)21-39(46)41-24-29-8-4-10-32(19-29)31-12-14-33(44)15-13-31/h3-20,22,38,42-45H,21,23-26H2,1-2H3,(H,41,46). The van der Waals surface area contributed by atoms with Gasteiger partial charge < -0.3 is 25.6 Å². The number of aliphatic hydroxyl groups excluding tert-OH is 1. The number of benzene rings is 5. The first-order valence-corrected chi connectivity index (χ1v) is 18.0. The van der Waals surface area contributed by atoms with E-state index < -0.39 is 21.7 Å². The van der Waals surface area contributed by atoms with Crippen LogP contribution in [0.25, 0.3) is 11.1 Å². The molecule has 1 aliphatic rings. The highest BCUT2D eigenvalue weighted by atomic mass is 32.2. The second kappa shape index (κ2) is 14.8. The molecule has 1 heterocycles. The van der Waals surface area contributed by atoms with Crippen molar-refractivity contribution in [2.24, 2.45) is 0 Å². The maximum Gasteiger partial charge on any atom is 0.261 e. The number of β-amino-alcohol motifs (C(OH)–C–C–N with tert-alkyl or cyclic N) is 1. The average molecular weight is 692 g/mol. The molecule has 50 heavy (non-hydrogen) atoms. The van der Waals surface area contributed by atoms with E-state index in [0.717, 1.165) is 33.4 Å². The number of hydrogen-bond donors (Lipinski definition) is 5. The molecule has 0 fully saturated rings. The van der Waals surface area contributed by atoms with Crippen LogP contribution in [0.3, 0.4) is 0 Å². The molecule has 0 radical (unpaired) electrons. The summed E-state index contributed by atoms with van der Waals surface area (Å²) >= 11 is 0. The number of aliphatic hydroxyl groups is 1. The number of sulfonamides is 1. The van der Waals surface area contributed by atoms with Crippen LogP contribution in [-0.2, 0) is 40.8 Å². The third-order valence-electron chi connectivity index (χ3n) is 8.64. The fraction of sp³-hybridized carbons (Fsp3) is 0.225. The van der Waals surface area contributed by atoms with E-state index in [-0.39, 0.29) is 41.8 Å². The molecule has 4 bridgehead atoms. The van der Waals surface area contributed by atoms with Gasteiger partial charge in [0.2, 0.25) is 5.91 Å². The van der Waals surface area contributed by atoms with E-state index in [1.165, 1.54) is 6.07 Å². The molecule has 0 aliphatic carbocycles. The second-order valence-electron chi connectivity index (χ2n) is 13.3. The van der Waals surface area contributed by atoms with Crippen molar-refractivity contribution in [3.05, 3.63) is 143 Å². The van der Waals surface area contributed by atoms with Gasteiger partial charge in [0, 0.05) is 30.3 Å². The minimum Gasteiger partial charge on any atom is -0.508 e. The molecule has 0 spiro atoms. The number of aromatic hydroxyl groups is 1. The summed E-state index contributed by atoms with van der Waals surface area (Å²) in [7, 11) is -3.88. The summed E-state index contributed by atoms with van der Waals surface area (Å²) in [6.45, 7) is 4.86. The van der Waals surface area contributed by atoms with Gasteiger partial charge in [-0.1, -0.05) is 72.8 Å². The van der Waals surface area contributed by atoms with Crippen molar-refractivity contribution in [3.8, 4) is 22.6 Å². The van der Waals surface area contributed by atoms with Crippen LogP contribution in [0.2, 0.25) is 0 Å². The van der Waals surface area contributed by atoms with Crippen molar-refractivity contribution in [3.63, 3.8) is 0 Å². The van der Waals surface area contributed by atoms with Crippen molar-refractivity contribution in [1.29, 1.82) is 0 Å². The zero-order valence-electron chi connectivity index (χ0n) is 28.0. The number of carbonyl (C=O) groups is 1. The highest BCUT2D eigenvalue weighted by Gasteiger charge is 2.24. The molecule has 5 N–H and O–H groups in total. The summed E-state index contributed by atoms with van der Waals surface area (Å²) in [5.74, 6) is 0.626. The van der Waals surface area contributed by atoms with Gasteiger partial charge >= 0.3 is 0 Å². The molecule has 6 rings (SSSR count). The van der Waals surface area contributed by atoms with E-state index in [9.17, 15) is 23.4 Å². The lowest BCUT2D eigenvalue weighted by Gasteiger charge is -2.29. The van der Waals surface area contributed by atoms with Gasteiger partial charge in [-0.15, -0.1) is 0 Å². The Morgan fingerprint density at radius 1 is 0.860 bits per heavy atom. The van der Waals surface area contributed by atoms with Crippen molar-refractivity contribution in [2.75, 3.05) is 11.3 Å². The highest BCUT2D eigenvalue weighted by molar-refractivity contribution is 7.92. The number of nitrogens with one attached hydrogen (secondary N) is 3. The number of hydrogen-bond acceptors (Lipinski definition) is 7. The van der Waals surface area contributed by atoms with Gasteiger partial charge in [0.15, 0.2) is 0 Å². The molecule has 10 heteroatoms. The number of carbonyl (C=O) groups excluding carboxylic acids is 1. The molecule has 0 saturated carbocycles. The number of ether oxygens (including phenoxy) is 1. The van der Waals surface area contributed by atoms with E-state index in [4.69, 9.17) is 4.74 Å². The summed E-state index contributed by atoms with van der Waals surface area (Å²) in [5.41, 5.74) is 5.90. The van der Waals surface area contributed by atoms with Crippen LogP contribution < -0.4 is 20.1 Å². The van der Waals surface area contributed by atoms with E-state index in [1.807, 2.05) is 80.6 Å². The van der Waals surface area contributed by atoms with E-state index in [2.05, 4.69) is 15.4 Å². The Balaban J connectivity index is 1.04. The van der Waals surface area contributed by atoms with Gasteiger partial charge in [0.05, 0.1) is 23.1 Å². The van der Waals surface area contributed by atoms with Crippen LogP contribution in [0, 0.1) is 0 Å². The minimum absolute atomic E-state index is 0.0840. The number of rotatable bonds is 11. The molecule has 1 unspecified atom stereocenters. The van der Waals surface area contributed by atoms with Gasteiger partial charge in [0.1, 0.15) is 18.1 Å². The molecule has 258 valence electrons. The number of phenolic OH excluding ortho intramolecular Hbond substituents is 1. The molecular weight excluding hydrogens is 651 g/mol. The van der Waals surface area contributed by atoms with Crippen molar-refractivity contribution in [2.45, 2.75) is 56.4 Å². The van der Waals surface area contributed by atoms with Gasteiger partial charge in [0.25, 0.3) is 10.0 Å². The lowest BCUT2D eigenvalue weighted by Crippen LogP contribution is -2.43. The molecular formula is C40H41N3O6S. The third kappa shape index (κ3) is 8.89. The first-order chi connectivity index (χ1) is 23.9. The Bertz CT molecular complexity index is 2100. The zero-order chi connectivity index (χ0) is 35.3. The Morgan fingerprint density at radius 3 is 2.42 bits per heavy atom. The Morgan fingerprint density at radius 2 is 1.60 bits per heavy atom. The Hall–Kier alpha value is -5.16. The SMILES string of the molecule is CC(C)(Cc1cccc(CC(=O)NCc2cccc(-c3ccc(O)cc3)c2)c1)NCC(O)c1ccc2cc1NS(=O)(=O)c1cccc(c1)CO2. The lowest BCUT2D eigenvalue weighted by molar-refractivity contribution is -0.120. The number of phenols is 1. The van der Waals surface area contributed by atoms with Gasteiger partial charge in [-0.2, -0.15) is 0 Å². The molecule has 1 aliphatic heterocycles. The van der Waals surface area contributed by atoms with Gasteiger partial charge in [-0.05, 0) is 90.0 Å². The summed E-state index contributed by atoms with van der Waals surface area (Å²) in [4.78, 5) is 13.0. The first kappa shape index (κ1) is 34.7. The van der Waals surface area contributed by atoms with Crippen molar-refractivity contribution < 1.29 is 28.2 Å². The average Bonchev–Trinajstić information content (AvgIpc) is 3.09. The van der Waals surface area contributed by atoms with Crippen molar-refractivity contribution in [1.82, 2.24) is 10.6 Å². The van der Waals surface area contributed by atoms with Crippen LogP contribution in [0.4, 0.5) is 5.69 Å². The van der Waals surface area contributed by atoms with Crippen LogP contribution >= 0.6 is 0 Å². The first-order valence-electron chi connectivity index (χ1n) is 16.5. The lowest BCUT2D eigenvalue weighted by atomic mass is 9.93. The number of anilines is 1. The van der Waals surface area contributed by atoms with Gasteiger partial charge in [-0.3, -0.25) is 9.52 Å². The Labute approximate surface area is 293 Å². The maximum atomic E-state index is 13.2. The van der Waals surface area contributed by atoms with Gasteiger partial charge in [-0.25, -0.2) is 8.42 Å². The predicted molar refractivity (Wildman–Crippen MR) is 194 cm³/mol. The minimum atomic E-state index is -3.88. The van der Waals surface area contributed by atoms with Crippen LogP contribution in [-0.4, -0.2) is 36.6 Å². The summed E-state index contributed by atoms with van der Waals surface area (Å²) < 4.78 is 34.8. The molecule has 1 atom stereocenters. The van der Waals surface area contributed by atoms with Crippen molar-refractivity contribution >= 4 is 21.6 Å². The van der Waals surface area contributed by atoms with Crippen LogP contribution in [0.5, 0.6) is 11.5 Å². The molecule has 0 aromatic heterocycles. The van der Waals surface area contributed by atoms with E-state index in [1.54, 1.807) is 42.5 Å². The molecule has 9 nitrogen and oxygen atoms in total. The molecule has 1 amide bonds. The van der Waals surface area contributed by atoms with E-state index >= 15 is 0 Å². The smallest absolute Gasteiger partial charge is 0.261 e. The zero-order valence-corrected chi connectivity index (χ0v) is 28.8. The third-order valence-corrected chi connectivity index (χ3v) is 10.00. The predicted octanol–water partition coefficient (Wildman–Crippen LogP) is 6.26. The largest absolute Gasteiger partial charge is 0.508 e. The van der Waals surface area contributed by atoms with E-state index in [0.29, 0.717) is 24.3 Å². The summed E-state index contributed by atoms with van der Waals surface area (Å²) in [5, 5.41) is 27.3. The number of amides is 1. The molecule has 0 saturated heterocycles. The molecule has 5 aromatic carbocycles. The summed E-state index contributed by atoms with van der Waals surface area (Å²) in [6.07, 6.45) is -0.144.